The van der Waals surface area contributed by atoms with Crippen LogP contribution >= 0.6 is 0 Å². The fraction of sp³-hybridized carbons (Fsp3) is 0.571. The summed E-state index contributed by atoms with van der Waals surface area (Å²) in [5.74, 6) is 2.52. The molecule has 0 saturated carbocycles. The maximum Gasteiger partial charge on any atom is 0.231 e. The molecule has 1 amide bonds. The number of carbonyl (C=O) groups is 1. The predicted octanol–water partition coefficient (Wildman–Crippen LogP) is 4.61. The first-order valence-corrected chi connectivity index (χ1v) is 9.65. The summed E-state index contributed by atoms with van der Waals surface area (Å²) in [6, 6.07) is 8.32. The van der Waals surface area contributed by atoms with Crippen molar-refractivity contribution in [1.29, 1.82) is 0 Å². The molecular formula is C21H29N3O2. The first-order chi connectivity index (χ1) is 12.4. The summed E-state index contributed by atoms with van der Waals surface area (Å²) >= 11 is 0. The second-order valence-electron chi connectivity index (χ2n) is 8.01. The monoisotopic (exact) mass is 355 g/mol. The molecule has 3 rings (SSSR count). The molecule has 0 N–H and O–H groups in total. The molecule has 1 aliphatic heterocycles. The number of nitrogens with zero attached hydrogens (tertiary/aromatic N) is 3. The quantitative estimate of drug-likeness (QED) is 0.786. The first-order valence-electron chi connectivity index (χ1n) is 9.65. The molecule has 5 heteroatoms. The van der Waals surface area contributed by atoms with E-state index in [1.807, 2.05) is 17.0 Å². The molecule has 2 heterocycles. The van der Waals surface area contributed by atoms with E-state index in [2.05, 4.69) is 50.0 Å². The number of likely N-dealkylation sites (tertiary alicyclic amines) is 1. The van der Waals surface area contributed by atoms with Crippen LogP contribution in [0, 0.1) is 5.92 Å². The van der Waals surface area contributed by atoms with Gasteiger partial charge in [-0.2, -0.15) is 4.98 Å². The van der Waals surface area contributed by atoms with E-state index in [9.17, 15) is 4.79 Å². The van der Waals surface area contributed by atoms with Crippen LogP contribution in [0.25, 0.3) is 11.4 Å². The van der Waals surface area contributed by atoms with E-state index in [0.717, 1.165) is 24.9 Å². The normalized spacial score (nSPS) is 17.9. The largest absolute Gasteiger partial charge is 0.342 e. The smallest absolute Gasteiger partial charge is 0.231 e. The van der Waals surface area contributed by atoms with Gasteiger partial charge in [-0.15, -0.1) is 0 Å². The summed E-state index contributed by atoms with van der Waals surface area (Å²) in [6.45, 7) is 10.0. The van der Waals surface area contributed by atoms with Crippen LogP contribution in [0.1, 0.15) is 70.2 Å². The topological polar surface area (TPSA) is 59.2 Å². The van der Waals surface area contributed by atoms with Crippen LogP contribution in [0.2, 0.25) is 0 Å². The highest BCUT2D eigenvalue weighted by molar-refractivity contribution is 5.76. The zero-order valence-corrected chi connectivity index (χ0v) is 16.2. The Labute approximate surface area is 155 Å². The number of amides is 1. The SMILES string of the molecule is CC(C)CC(=O)N1CCC[C@@H](c2nc(-c3ccc(C(C)C)cc3)no2)C1. The van der Waals surface area contributed by atoms with Gasteiger partial charge in [0.15, 0.2) is 0 Å². The third-order valence-electron chi connectivity index (χ3n) is 4.98. The molecule has 0 radical (unpaired) electrons. The summed E-state index contributed by atoms with van der Waals surface area (Å²) < 4.78 is 5.55. The maximum absolute atomic E-state index is 12.4. The van der Waals surface area contributed by atoms with Crippen LogP contribution in [0.3, 0.4) is 0 Å². The minimum absolute atomic E-state index is 0.135. The van der Waals surface area contributed by atoms with E-state index < -0.39 is 0 Å². The Morgan fingerprint density at radius 3 is 2.62 bits per heavy atom. The molecule has 2 aromatic rings. The van der Waals surface area contributed by atoms with Gasteiger partial charge in [-0.1, -0.05) is 57.1 Å². The van der Waals surface area contributed by atoms with Gasteiger partial charge in [-0.05, 0) is 30.2 Å². The van der Waals surface area contributed by atoms with Crippen LogP contribution in [0.4, 0.5) is 0 Å². The van der Waals surface area contributed by atoms with E-state index in [4.69, 9.17) is 4.52 Å². The summed E-state index contributed by atoms with van der Waals surface area (Å²) in [7, 11) is 0. The molecule has 5 nitrogen and oxygen atoms in total. The fourth-order valence-electron chi connectivity index (χ4n) is 3.42. The number of carbonyl (C=O) groups excluding carboxylic acids is 1. The lowest BCUT2D eigenvalue weighted by Crippen LogP contribution is -2.39. The molecule has 1 saturated heterocycles. The summed E-state index contributed by atoms with van der Waals surface area (Å²) in [6.07, 6.45) is 2.57. The minimum Gasteiger partial charge on any atom is -0.342 e. The van der Waals surface area contributed by atoms with Gasteiger partial charge >= 0.3 is 0 Å². The molecular weight excluding hydrogens is 326 g/mol. The van der Waals surface area contributed by atoms with Crippen LogP contribution < -0.4 is 0 Å². The third-order valence-corrected chi connectivity index (χ3v) is 4.98. The lowest BCUT2D eigenvalue weighted by molar-refractivity contribution is -0.133. The summed E-state index contributed by atoms with van der Waals surface area (Å²) in [5.41, 5.74) is 2.26. The van der Waals surface area contributed by atoms with E-state index in [1.54, 1.807) is 0 Å². The average Bonchev–Trinajstić information content (AvgIpc) is 3.11. The maximum atomic E-state index is 12.4. The number of rotatable bonds is 5. The fourth-order valence-corrected chi connectivity index (χ4v) is 3.42. The molecule has 0 aliphatic carbocycles. The highest BCUT2D eigenvalue weighted by Gasteiger charge is 2.28. The highest BCUT2D eigenvalue weighted by Crippen LogP contribution is 2.28. The number of aromatic nitrogens is 2. The zero-order valence-electron chi connectivity index (χ0n) is 16.2. The Balaban J connectivity index is 1.69. The van der Waals surface area contributed by atoms with Crippen LogP contribution in [-0.4, -0.2) is 34.0 Å². The Morgan fingerprint density at radius 2 is 1.96 bits per heavy atom. The van der Waals surface area contributed by atoms with Gasteiger partial charge in [0.05, 0.1) is 5.92 Å². The van der Waals surface area contributed by atoms with Crippen molar-refractivity contribution in [3.63, 3.8) is 0 Å². The van der Waals surface area contributed by atoms with Gasteiger partial charge in [-0.3, -0.25) is 4.79 Å². The van der Waals surface area contributed by atoms with Crippen LogP contribution in [0.5, 0.6) is 0 Å². The second-order valence-corrected chi connectivity index (χ2v) is 8.01. The first kappa shape index (κ1) is 18.6. The van der Waals surface area contributed by atoms with Gasteiger partial charge in [0.1, 0.15) is 0 Å². The average molecular weight is 355 g/mol. The van der Waals surface area contributed by atoms with Crippen molar-refractivity contribution in [3.05, 3.63) is 35.7 Å². The Bertz CT molecular complexity index is 734. The van der Waals surface area contributed by atoms with E-state index in [0.29, 0.717) is 36.5 Å². The van der Waals surface area contributed by atoms with Crippen molar-refractivity contribution in [2.24, 2.45) is 5.92 Å². The lowest BCUT2D eigenvalue weighted by Gasteiger charge is -2.31. The van der Waals surface area contributed by atoms with Gasteiger partial charge in [0, 0.05) is 25.1 Å². The van der Waals surface area contributed by atoms with Crippen molar-refractivity contribution >= 4 is 5.91 Å². The van der Waals surface area contributed by atoms with E-state index >= 15 is 0 Å². The highest BCUT2D eigenvalue weighted by atomic mass is 16.5. The Morgan fingerprint density at radius 1 is 1.23 bits per heavy atom. The van der Waals surface area contributed by atoms with Crippen LogP contribution in [-0.2, 0) is 4.79 Å². The second kappa shape index (κ2) is 8.02. The predicted molar refractivity (Wildman–Crippen MR) is 102 cm³/mol. The molecule has 1 fully saturated rings. The summed E-state index contributed by atoms with van der Waals surface area (Å²) in [4.78, 5) is 18.9. The molecule has 0 bridgehead atoms. The molecule has 1 atom stereocenters. The number of piperidine rings is 1. The van der Waals surface area contributed by atoms with Crippen molar-refractivity contribution in [2.75, 3.05) is 13.1 Å². The van der Waals surface area contributed by atoms with Gasteiger partial charge in [0.25, 0.3) is 0 Å². The van der Waals surface area contributed by atoms with Crippen molar-refractivity contribution in [1.82, 2.24) is 15.0 Å². The molecule has 140 valence electrons. The van der Waals surface area contributed by atoms with Crippen LogP contribution in [0.15, 0.2) is 28.8 Å². The van der Waals surface area contributed by atoms with Crippen molar-refractivity contribution in [2.45, 2.75) is 58.8 Å². The van der Waals surface area contributed by atoms with Gasteiger partial charge in [0.2, 0.25) is 17.6 Å². The number of benzene rings is 1. The summed E-state index contributed by atoms with van der Waals surface area (Å²) in [5, 5.41) is 4.16. The van der Waals surface area contributed by atoms with Gasteiger partial charge < -0.3 is 9.42 Å². The number of hydrogen-bond acceptors (Lipinski definition) is 4. The molecule has 1 aliphatic rings. The Kier molecular flexibility index (Phi) is 5.74. The molecule has 1 aromatic heterocycles. The van der Waals surface area contributed by atoms with Crippen molar-refractivity contribution < 1.29 is 9.32 Å². The molecule has 0 unspecified atom stereocenters. The zero-order chi connectivity index (χ0) is 18.7. The standard InChI is InChI=1S/C21H29N3O2/c1-14(2)12-19(25)24-11-5-6-18(13-24)21-22-20(23-26-21)17-9-7-16(8-10-17)15(3)4/h7-10,14-15,18H,5-6,11-13H2,1-4H3/t18-/m1/s1. The lowest BCUT2D eigenvalue weighted by atomic mass is 9.97. The number of hydrogen-bond donors (Lipinski definition) is 0. The molecule has 0 spiro atoms. The minimum atomic E-state index is 0.135. The van der Waals surface area contributed by atoms with Crippen molar-refractivity contribution in [3.8, 4) is 11.4 Å². The third kappa shape index (κ3) is 4.32. The van der Waals surface area contributed by atoms with Gasteiger partial charge in [-0.25, -0.2) is 0 Å². The molecule has 26 heavy (non-hydrogen) atoms. The van der Waals surface area contributed by atoms with E-state index in [1.165, 1.54) is 5.56 Å². The van der Waals surface area contributed by atoms with E-state index in [-0.39, 0.29) is 11.8 Å². The molecule has 1 aromatic carbocycles. The Hall–Kier alpha value is -2.17.